The van der Waals surface area contributed by atoms with Crippen LogP contribution in [0.5, 0.6) is 0 Å². The first-order valence-corrected chi connectivity index (χ1v) is 8.01. The molecule has 7 heteroatoms. The van der Waals surface area contributed by atoms with Crippen LogP contribution in [0.4, 0.5) is 24.5 Å². The number of rotatable bonds is 3. The molecule has 1 aliphatic heterocycles. The van der Waals surface area contributed by atoms with E-state index in [4.69, 9.17) is 0 Å². The summed E-state index contributed by atoms with van der Waals surface area (Å²) in [6, 6.07) is 11.7. The summed E-state index contributed by atoms with van der Waals surface area (Å²) in [5.74, 6) is 0.145. The van der Waals surface area contributed by atoms with Gasteiger partial charge < -0.3 is 4.90 Å². The van der Waals surface area contributed by atoms with Gasteiger partial charge in [-0.3, -0.25) is 10.1 Å². The molecule has 0 spiro atoms. The third-order valence-corrected chi connectivity index (χ3v) is 4.56. The zero-order valence-electron chi connectivity index (χ0n) is 13.4. The standard InChI is InChI=1S/C18H17F3N2O2/c19-18(20,21)15-5-3-13(4-6-15)14-2-1-11-22(12-14)16-7-9-17(10-8-16)23(24)25/h3-10,14H,1-2,11-12H2. The molecule has 0 N–H and O–H groups in total. The minimum absolute atomic E-state index is 0.0417. The molecule has 0 aliphatic carbocycles. The average Bonchev–Trinajstić information content (AvgIpc) is 2.61. The van der Waals surface area contributed by atoms with E-state index < -0.39 is 16.7 Å². The second-order valence-electron chi connectivity index (χ2n) is 6.18. The first-order valence-electron chi connectivity index (χ1n) is 8.01. The molecule has 2 aromatic carbocycles. The molecule has 0 aromatic heterocycles. The van der Waals surface area contributed by atoms with Crippen molar-refractivity contribution >= 4 is 11.4 Å². The van der Waals surface area contributed by atoms with Gasteiger partial charge in [-0.1, -0.05) is 12.1 Å². The largest absolute Gasteiger partial charge is 0.416 e. The van der Waals surface area contributed by atoms with Crippen LogP contribution in [-0.4, -0.2) is 18.0 Å². The topological polar surface area (TPSA) is 46.4 Å². The zero-order valence-corrected chi connectivity index (χ0v) is 13.4. The number of non-ortho nitro benzene ring substituents is 1. The van der Waals surface area contributed by atoms with Crippen molar-refractivity contribution in [3.8, 4) is 0 Å². The van der Waals surface area contributed by atoms with E-state index in [2.05, 4.69) is 4.90 Å². The third-order valence-electron chi connectivity index (χ3n) is 4.56. The monoisotopic (exact) mass is 350 g/mol. The molecular formula is C18H17F3N2O2. The number of nitrogens with zero attached hydrogens (tertiary/aromatic N) is 2. The van der Waals surface area contributed by atoms with Crippen molar-refractivity contribution in [3.05, 3.63) is 69.8 Å². The van der Waals surface area contributed by atoms with E-state index in [0.717, 1.165) is 42.8 Å². The third kappa shape index (κ3) is 3.92. The van der Waals surface area contributed by atoms with Crippen LogP contribution >= 0.6 is 0 Å². The van der Waals surface area contributed by atoms with Gasteiger partial charge in [-0.15, -0.1) is 0 Å². The maximum atomic E-state index is 12.7. The van der Waals surface area contributed by atoms with E-state index >= 15 is 0 Å². The molecule has 0 bridgehead atoms. The van der Waals surface area contributed by atoms with Crippen LogP contribution in [0.1, 0.15) is 29.9 Å². The molecule has 1 aliphatic rings. The van der Waals surface area contributed by atoms with Gasteiger partial charge in [0, 0.05) is 36.8 Å². The molecule has 1 heterocycles. The van der Waals surface area contributed by atoms with Crippen LogP contribution in [0.3, 0.4) is 0 Å². The zero-order chi connectivity index (χ0) is 18.0. The van der Waals surface area contributed by atoms with E-state index in [1.165, 1.54) is 12.1 Å². The molecule has 132 valence electrons. The second-order valence-corrected chi connectivity index (χ2v) is 6.18. The van der Waals surface area contributed by atoms with Gasteiger partial charge in [0.2, 0.25) is 0 Å². The van der Waals surface area contributed by atoms with Gasteiger partial charge in [0.15, 0.2) is 0 Å². The number of anilines is 1. The van der Waals surface area contributed by atoms with Gasteiger partial charge in [0.05, 0.1) is 10.5 Å². The normalized spacial score (nSPS) is 18.2. The lowest BCUT2D eigenvalue weighted by molar-refractivity contribution is -0.384. The highest BCUT2D eigenvalue weighted by Gasteiger charge is 2.30. The fraction of sp³-hybridized carbons (Fsp3) is 0.333. The van der Waals surface area contributed by atoms with Gasteiger partial charge in [0.1, 0.15) is 0 Å². The van der Waals surface area contributed by atoms with Crippen LogP contribution in [0.2, 0.25) is 0 Å². The predicted molar refractivity (Wildman–Crippen MR) is 88.7 cm³/mol. The summed E-state index contributed by atoms with van der Waals surface area (Å²) in [4.78, 5) is 12.4. The molecule has 0 amide bonds. The highest BCUT2D eigenvalue weighted by atomic mass is 19.4. The molecule has 2 aromatic rings. The first-order chi connectivity index (χ1) is 11.8. The Balaban J connectivity index is 1.73. The molecule has 4 nitrogen and oxygen atoms in total. The van der Waals surface area contributed by atoms with Crippen molar-refractivity contribution in [2.24, 2.45) is 0 Å². The van der Waals surface area contributed by atoms with Gasteiger partial charge in [0.25, 0.3) is 5.69 Å². The SMILES string of the molecule is O=[N+]([O-])c1ccc(N2CCCC(c3ccc(C(F)(F)F)cc3)C2)cc1. The lowest BCUT2D eigenvalue weighted by Gasteiger charge is -2.34. The highest BCUT2D eigenvalue weighted by Crippen LogP contribution is 2.33. The summed E-state index contributed by atoms with van der Waals surface area (Å²) in [5.41, 5.74) is 1.18. The number of piperidine rings is 1. The average molecular weight is 350 g/mol. The molecule has 0 radical (unpaired) electrons. The lowest BCUT2D eigenvalue weighted by Crippen LogP contribution is -2.34. The Hall–Kier alpha value is -2.57. The summed E-state index contributed by atoms with van der Waals surface area (Å²) in [7, 11) is 0. The molecule has 25 heavy (non-hydrogen) atoms. The Bertz CT molecular complexity index is 742. The number of nitro groups is 1. The Morgan fingerprint density at radius 1 is 1.04 bits per heavy atom. The van der Waals surface area contributed by atoms with Gasteiger partial charge in [-0.25, -0.2) is 0 Å². The number of hydrogen-bond donors (Lipinski definition) is 0. The summed E-state index contributed by atoms with van der Waals surface area (Å²) in [6.45, 7) is 1.51. The fourth-order valence-electron chi connectivity index (χ4n) is 3.21. The Morgan fingerprint density at radius 3 is 2.24 bits per heavy atom. The number of hydrogen-bond acceptors (Lipinski definition) is 3. The number of nitro benzene ring substituents is 1. The van der Waals surface area contributed by atoms with Crippen molar-refractivity contribution < 1.29 is 18.1 Å². The minimum atomic E-state index is -4.32. The predicted octanol–water partition coefficient (Wildman–Crippen LogP) is 5.00. The van der Waals surface area contributed by atoms with Crippen molar-refractivity contribution in [2.45, 2.75) is 24.9 Å². The van der Waals surface area contributed by atoms with Crippen molar-refractivity contribution in [2.75, 3.05) is 18.0 Å². The van der Waals surface area contributed by atoms with Gasteiger partial charge in [-0.2, -0.15) is 13.2 Å². The van der Waals surface area contributed by atoms with E-state index in [1.807, 2.05) is 0 Å². The quantitative estimate of drug-likeness (QED) is 0.578. The molecule has 3 rings (SSSR count). The van der Waals surface area contributed by atoms with E-state index in [9.17, 15) is 23.3 Å². The van der Waals surface area contributed by atoms with Crippen LogP contribution < -0.4 is 4.90 Å². The Kier molecular flexibility index (Phi) is 4.65. The van der Waals surface area contributed by atoms with Crippen LogP contribution in [0.25, 0.3) is 0 Å². The summed E-state index contributed by atoms with van der Waals surface area (Å²) >= 11 is 0. The molecule has 0 saturated carbocycles. The van der Waals surface area contributed by atoms with E-state index in [0.29, 0.717) is 6.54 Å². The molecular weight excluding hydrogens is 333 g/mol. The second kappa shape index (κ2) is 6.74. The number of alkyl halides is 3. The molecule has 1 saturated heterocycles. The van der Waals surface area contributed by atoms with Gasteiger partial charge in [-0.05, 0) is 42.7 Å². The maximum absolute atomic E-state index is 12.7. The number of halogens is 3. The maximum Gasteiger partial charge on any atom is 0.416 e. The molecule has 1 atom stereocenters. The van der Waals surface area contributed by atoms with Crippen LogP contribution in [0.15, 0.2) is 48.5 Å². The smallest absolute Gasteiger partial charge is 0.371 e. The minimum Gasteiger partial charge on any atom is -0.371 e. The van der Waals surface area contributed by atoms with Crippen molar-refractivity contribution in [1.29, 1.82) is 0 Å². The van der Waals surface area contributed by atoms with Crippen LogP contribution in [-0.2, 0) is 6.18 Å². The lowest BCUT2D eigenvalue weighted by atomic mass is 9.90. The van der Waals surface area contributed by atoms with E-state index in [-0.39, 0.29) is 11.6 Å². The summed E-state index contributed by atoms with van der Waals surface area (Å²) < 4.78 is 38.0. The summed E-state index contributed by atoms with van der Waals surface area (Å²) in [5, 5.41) is 10.7. The Labute approximate surface area is 143 Å². The number of benzene rings is 2. The fourth-order valence-corrected chi connectivity index (χ4v) is 3.21. The first kappa shape index (κ1) is 17.3. The van der Waals surface area contributed by atoms with Crippen molar-refractivity contribution in [1.82, 2.24) is 0 Å². The highest BCUT2D eigenvalue weighted by molar-refractivity contribution is 5.51. The summed E-state index contributed by atoms with van der Waals surface area (Å²) in [6.07, 6.45) is -2.49. The molecule has 1 unspecified atom stereocenters. The Morgan fingerprint density at radius 2 is 1.68 bits per heavy atom. The van der Waals surface area contributed by atoms with Crippen molar-refractivity contribution in [3.63, 3.8) is 0 Å². The van der Waals surface area contributed by atoms with Gasteiger partial charge >= 0.3 is 6.18 Å². The van der Waals surface area contributed by atoms with Crippen LogP contribution in [0, 0.1) is 10.1 Å². The molecule has 1 fully saturated rings. The van der Waals surface area contributed by atoms with E-state index in [1.54, 1.807) is 24.3 Å².